The number of benzene rings is 1. The van der Waals surface area contributed by atoms with Gasteiger partial charge in [-0.15, -0.1) is 11.3 Å². The normalized spacial score (nSPS) is 12.8. The highest BCUT2D eigenvalue weighted by Gasteiger charge is 2.19. The second-order valence-corrected chi connectivity index (χ2v) is 6.60. The number of ether oxygens (including phenoxy) is 1. The fourth-order valence-electron chi connectivity index (χ4n) is 2.03. The number of thiophene rings is 1. The highest BCUT2D eigenvalue weighted by Crippen LogP contribution is 2.38. The monoisotopic (exact) mass is 327 g/mol. The van der Waals surface area contributed by atoms with Crippen molar-refractivity contribution in [2.75, 3.05) is 7.11 Å². The van der Waals surface area contributed by atoms with E-state index < -0.39 is 6.04 Å². The van der Waals surface area contributed by atoms with Crippen LogP contribution in [0.4, 0.5) is 0 Å². The van der Waals surface area contributed by atoms with Crippen LogP contribution in [0.1, 0.15) is 17.4 Å². The Morgan fingerprint density at radius 2 is 2.05 bits per heavy atom. The summed E-state index contributed by atoms with van der Waals surface area (Å²) in [5, 5.41) is 0.966. The summed E-state index contributed by atoms with van der Waals surface area (Å²) in [4.78, 5) is 0. The number of rotatable bonds is 3. The number of hydrogen-bond donors (Lipinski definition) is 1. The van der Waals surface area contributed by atoms with E-state index in [2.05, 4.69) is 0 Å². The van der Waals surface area contributed by atoms with Crippen LogP contribution >= 0.6 is 34.5 Å². The zero-order valence-electron chi connectivity index (χ0n) is 10.5. The second-order valence-electron chi connectivity index (χ2n) is 4.31. The number of halogens is 2. The number of methoxy groups -OCH3 is 1. The summed E-state index contributed by atoms with van der Waals surface area (Å²) in [6, 6.07) is 8.87. The van der Waals surface area contributed by atoms with Crippen molar-refractivity contribution >= 4 is 45.5 Å². The van der Waals surface area contributed by atoms with Crippen molar-refractivity contribution in [3.05, 3.63) is 50.3 Å². The van der Waals surface area contributed by atoms with Gasteiger partial charge in [-0.1, -0.05) is 23.2 Å². The Labute approximate surface area is 129 Å². The van der Waals surface area contributed by atoms with E-state index in [9.17, 15) is 0 Å². The lowest BCUT2D eigenvalue weighted by Crippen LogP contribution is -2.10. The van der Waals surface area contributed by atoms with Crippen molar-refractivity contribution < 1.29 is 9.15 Å². The molecule has 2 aromatic heterocycles. The molecule has 1 atom stereocenters. The minimum absolute atomic E-state index is 0.440. The summed E-state index contributed by atoms with van der Waals surface area (Å²) in [6.45, 7) is 0. The van der Waals surface area contributed by atoms with Gasteiger partial charge >= 0.3 is 0 Å². The molecule has 3 aromatic rings. The zero-order valence-corrected chi connectivity index (χ0v) is 12.9. The molecule has 0 aliphatic carbocycles. The van der Waals surface area contributed by atoms with Crippen molar-refractivity contribution in [2.24, 2.45) is 5.73 Å². The fourth-order valence-corrected chi connectivity index (χ4v) is 3.58. The topological polar surface area (TPSA) is 48.4 Å². The van der Waals surface area contributed by atoms with Crippen LogP contribution in [0.2, 0.25) is 8.67 Å². The molecule has 1 unspecified atom stereocenters. The van der Waals surface area contributed by atoms with Crippen LogP contribution in [0, 0.1) is 0 Å². The Kier molecular flexibility index (Phi) is 3.65. The summed E-state index contributed by atoms with van der Waals surface area (Å²) >= 11 is 13.4. The number of furan rings is 1. The molecule has 0 radical (unpaired) electrons. The van der Waals surface area contributed by atoms with Crippen molar-refractivity contribution in [2.45, 2.75) is 6.04 Å². The minimum atomic E-state index is -0.440. The van der Waals surface area contributed by atoms with E-state index in [0.29, 0.717) is 14.4 Å². The molecule has 0 bridgehead atoms. The third kappa shape index (κ3) is 2.40. The average Bonchev–Trinajstić information content (AvgIpc) is 3.00. The van der Waals surface area contributed by atoms with Crippen molar-refractivity contribution in [1.82, 2.24) is 0 Å². The van der Waals surface area contributed by atoms with Crippen LogP contribution in [0.15, 0.2) is 34.7 Å². The SMILES string of the molecule is COc1ccc2cc(C(N)c3cc(Cl)sc3Cl)oc2c1. The van der Waals surface area contributed by atoms with Gasteiger partial charge in [-0.3, -0.25) is 0 Å². The molecule has 0 fully saturated rings. The van der Waals surface area contributed by atoms with E-state index in [1.807, 2.05) is 24.3 Å². The third-order valence-corrected chi connectivity index (χ3v) is 4.59. The minimum Gasteiger partial charge on any atom is -0.497 e. The van der Waals surface area contributed by atoms with Gasteiger partial charge in [0.05, 0.1) is 21.8 Å². The number of fused-ring (bicyclic) bond motifs is 1. The lowest BCUT2D eigenvalue weighted by Gasteiger charge is -2.06. The maximum atomic E-state index is 6.20. The first-order valence-corrected chi connectivity index (χ1v) is 7.43. The van der Waals surface area contributed by atoms with E-state index in [-0.39, 0.29) is 0 Å². The van der Waals surface area contributed by atoms with Crippen LogP contribution in [0.3, 0.4) is 0 Å². The molecule has 0 aliphatic heterocycles. The highest BCUT2D eigenvalue weighted by molar-refractivity contribution is 7.20. The zero-order chi connectivity index (χ0) is 14.3. The Morgan fingerprint density at radius 3 is 2.70 bits per heavy atom. The fraction of sp³-hybridized carbons (Fsp3) is 0.143. The van der Waals surface area contributed by atoms with Gasteiger partial charge < -0.3 is 14.9 Å². The predicted octanol–water partition coefficient (Wildman–Crippen LogP) is 4.86. The van der Waals surface area contributed by atoms with E-state index in [1.165, 1.54) is 11.3 Å². The molecular weight excluding hydrogens is 317 g/mol. The van der Waals surface area contributed by atoms with E-state index in [4.69, 9.17) is 38.1 Å². The van der Waals surface area contributed by atoms with Crippen molar-refractivity contribution in [1.29, 1.82) is 0 Å². The average molecular weight is 328 g/mol. The molecule has 0 amide bonds. The Morgan fingerprint density at radius 1 is 1.25 bits per heavy atom. The lowest BCUT2D eigenvalue weighted by molar-refractivity contribution is 0.414. The van der Waals surface area contributed by atoms with Gasteiger partial charge in [0.15, 0.2) is 0 Å². The van der Waals surface area contributed by atoms with Gasteiger partial charge in [0.2, 0.25) is 0 Å². The standard InChI is InChI=1S/C14H11Cl2NO2S/c1-18-8-3-2-7-4-11(19-10(7)5-8)13(17)9-6-12(15)20-14(9)16/h2-6,13H,17H2,1H3. The summed E-state index contributed by atoms with van der Waals surface area (Å²) in [5.74, 6) is 1.38. The van der Waals surface area contributed by atoms with Crippen LogP contribution in [-0.2, 0) is 0 Å². The number of nitrogens with two attached hydrogens (primary N) is 1. The largest absolute Gasteiger partial charge is 0.497 e. The van der Waals surface area contributed by atoms with Crippen molar-refractivity contribution in [3.63, 3.8) is 0 Å². The molecule has 2 heterocycles. The summed E-state index contributed by atoms with van der Waals surface area (Å²) < 4.78 is 12.2. The molecule has 0 spiro atoms. The van der Waals surface area contributed by atoms with Crippen LogP contribution in [0.25, 0.3) is 11.0 Å². The number of hydrogen-bond acceptors (Lipinski definition) is 4. The quantitative estimate of drug-likeness (QED) is 0.747. The molecule has 0 saturated carbocycles. The maximum absolute atomic E-state index is 6.20. The molecule has 1 aromatic carbocycles. The third-order valence-electron chi connectivity index (χ3n) is 3.07. The van der Waals surface area contributed by atoms with Gasteiger partial charge in [-0.25, -0.2) is 0 Å². The van der Waals surface area contributed by atoms with Gasteiger partial charge in [-0.2, -0.15) is 0 Å². The summed E-state index contributed by atoms with van der Waals surface area (Å²) in [7, 11) is 1.61. The smallest absolute Gasteiger partial charge is 0.138 e. The molecule has 6 heteroatoms. The molecule has 0 saturated heterocycles. The summed E-state index contributed by atoms with van der Waals surface area (Å²) in [6.07, 6.45) is 0. The van der Waals surface area contributed by atoms with E-state index in [0.717, 1.165) is 22.3 Å². The van der Waals surface area contributed by atoms with Gasteiger partial charge in [0.1, 0.15) is 17.1 Å². The van der Waals surface area contributed by atoms with Crippen molar-refractivity contribution in [3.8, 4) is 5.75 Å². The highest BCUT2D eigenvalue weighted by atomic mass is 35.5. The first kappa shape index (κ1) is 13.8. The van der Waals surface area contributed by atoms with Crippen LogP contribution in [0.5, 0.6) is 5.75 Å². The molecule has 2 N–H and O–H groups in total. The molecule has 3 rings (SSSR count). The lowest BCUT2D eigenvalue weighted by atomic mass is 10.1. The first-order chi connectivity index (χ1) is 9.58. The first-order valence-electron chi connectivity index (χ1n) is 5.86. The Hall–Kier alpha value is -1.20. The summed E-state index contributed by atoms with van der Waals surface area (Å²) in [5.41, 5.74) is 7.70. The Bertz CT molecular complexity index is 766. The molecule has 104 valence electrons. The molecule has 20 heavy (non-hydrogen) atoms. The molecular formula is C14H11Cl2NO2S. The van der Waals surface area contributed by atoms with E-state index in [1.54, 1.807) is 13.2 Å². The second kappa shape index (κ2) is 5.30. The van der Waals surface area contributed by atoms with Gasteiger partial charge in [0, 0.05) is 17.0 Å². The van der Waals surface area contributed by atoms with Gasteiger partial charge in [-0.05, 0) is 24.3 Å². The Balaban J connectivity index is 2.03. The molecule has 3 nitrogen and oxygen atoms in total. The van der Waals surface area contributed by atoms with Crippen LogP contribution < -0.4 is 10.5 Å². The van der Waals surface area contributed by atoms with Gasteiger partial charge in [0.25, 0.3) is 0 Å². The predicted molar refractivity (Wildman–Crippen MR) is 83.1 cm³/mol. The maximum Gasteiger partial charge on any atom is 0.138 e. The van der Waals surface area contributed by atoms with E-state index >= 15 is 0 Å². The van der Waals surface area contributed by atoms with Crippen LogP contribution in [-0.4, -0.2) is 7.11 Å². The molecule has 0 aliphatic rings.